The number of H-pyrrole nitrogens is 1. The fraction of sp³-hybridized carbons (Fsp3) is 0.273. The lowest BCUT2D eigenvalue weighted by Crippen LogP contribution is -2.41. The average Bonchev–Trinajstić information content (AvgIpc) is 3.23. The van der Waals surface area contributed by atoms with Crippen molar-refractivity contribution in [3.63, 3.8) is 0 Å². The van der Waals surface area contributed by atoms with Crippen LogP contribution >= 0.6 is 11.6 Å². The number of hydrogen-bond donors (Lipinski definition) is 1. The molecule has 7 heteroatoms. The molecule has 2 aromatic heterocycles. The Bertz CT molecular complexity index is 1290. The van der Waals surface area contributed by atoms with Crippen LogP contribution in [0.15, 0.2) is 53.3 Å². The van der Waals surface area contributed by atoms with Crippen LogP contribution in [0.2, 0.25) is 5.02 Å². The van der Waals surface area contributed by atoms with Gasteiger partial charge in [-0.3, -0.25) is 9.36 Å². The first-order chi connectivity index (χ1) is 14.0. The smallest absolute Gasteiger partial charge is 0.326 e. The van der Waals surface area contributed by atoms with Crippen molar-refractivity contribution in [2.75, 3.05) is 13.1 Å². The first-order valence-corrected chi connectivity index (χ1v) is 10.1. The monoisotopic (exact) mass is 408 g/mol. The Kier molecular flexibility index (Phi) is 4.24. The van der Waals surface area contributed by atoms with E-state index in [2.05, 4.69) is 4.98 Å². The maximum Gasteiger partial charge on any atom is 0.326 e. The number of aromatic amines is 1. The van der Waals surface area contributed by atoms with Crippen molar-refractivity contribution in [3.8, 4) is 0 Å². The number of amides is 1. The van der Waals surface area contributed by atoms with E-state index in [0.29, 0.717) is 23.8 Å². The number of carbonyl (C=O) groups is 1. The van der Waals surface area contributed by atoms with Crippen LogP contribution in [0.5, 0.6) is 0 Å². The molecule has 5 rings (SSSR count). The van der Waals surface area contributed by atoms with Gasteiger partial charge in [0.1, 0.15) is 5.69 Å². The fourth-order valence-corrected chi connectivity index (χ4v) is 4.63. The normalized spacial score (nSPS) is 15.4. The fourth-order valence-electron chi connectivity index (χ4n) is 4.45. The number of nitrogens with one attached hydrogen (secondary N) is 1. The van der Waals surface area contributed by atoms with Crippen molar-refractivity contribution in [1.82, 2.24) is 19.0 Å². The third kappa shape index (κ3) is 2.95. The van der Waals surface area contributed by atoms with E-state index in [1.807, 2.05) is 69.6 Å². The van der Waals surface area contributed by atoms with Crippen LogP contribution in [0.1, 0.15) is 29.4 Å². The zero-order valence-corrected chi connectivity index (χ0v) is 16.8. The quantitative estimate of drug-likeness (QED) is 0.545. The summed E-state index contributed by atoms with van der Waals surface area (Å²) in [6, 6.07) is 15.4. The molecule has 148 valence electrons. The maximum absolute atomic E-state index is 13.1. The van der Waals surface area contributed by atoms with Crippen molar-refractivity contribution in [2.45, 2.75) is 18.9 Å². The summed E-state index contributed by atoms with van der Waals surface area (Å²) in [5.74, 6) is 0.0181. The Balaban J connectivity index is 1.38. The van der Waals surface area contributed by atoms with Gasteiger partial charge in [-0.05, 0) is 49.2 Å². The van der Waals surface area contributed by atoms with Crippen LogP contribution in [0.3, 0.4) is 0 Å². The number of benzene rings is 2. The largest absolute Gasteiger partial charge is 0.340 e. The molecule has 1 fully saturated rings. The standard InChI is InChI=1S/C22H21ClN4O2/c1-25-18-7-6-15(23)12-14(18)13-20(25)21(28)26-10-8-16(9-11-26)27-19-5-3-2-4-17(19)24-22(27)29/h2-7,12-13,16H,8-11H2,1H3,(H,24,29). The highest BCUT2D eigenvalue weighted by Gasteiger charge is 2.28. The molecule has 4 aromatic rings. The minimum absolute atomic E-state index is 0.0181. The Morgan fingerprint density at radius 3 is 2.62 bits per heavy atom. The second-order valence-electron chi connectivity index (χ2n) is 7.63. The summed E-state index contributed by atoms with van der Waals surface area (Å²) in [5.41, 5.74) is 3.34. The molecule has 1 aliphatic rings. The summed E-state index contributed by atoms with van der Waals surface area (Å²) < 4.78 is 3.76. The molecular weight excluding hydrogens is 388 g/mol. The first kappa shape index (κ1) is 18.1. The number of nitrogens with zero attached hydrogens (tertiary/aromatic N) is 3. The third-order valence-corrected chi connectivity index (χ3v) is 6.20. The zero-order chi connectivity index (χ0) is 20.1. The van der Waals surface area contributed by atoms with E-state index in [-0.39, 0.29) is 17.6 Å². The third-order valence-electron chi connectivity index (χ3n) is 5.96. The topological polar surface area (TPSA) is 63.0 Å². The Morgan fingerprint density at radius 1 is 1.07 bits per heavy atom. The Hall–Kier alpha value is -2.99. The van der Waals surface area contributed by atoms with Gasteiger partial charge in [-0.1, -0.05) is 23.7 Å². The van der Waals surface area contributed by atoms with Crippen molar-refractivity contribution in [2.24, 2.45) is 7.05 Å². The molecule has 0 atom stereocenters. The Labute approximate surface area is 172 Å². The van der Waals surface area contributed by atoms with E-state index >= 15 is 0 Å². The van der Waals surface area contributed by atoms with E-state index in [4.69, 9.17) is 11.6 Å². The lowest BCUT2D eigenvalue weighted by Gasteiger charge is -2.32. The van der Waals surface area contributed by atoms with Crippen molar-refractivity contribution in [3.05, 3.63) is 69.7 Å². The molecule has 1 saturated heterocycles. The SMILES string of the molecule is Cn1c(C(=O)N2CCC(n3c(=O)[nH]c4ccccc43)CC2)cc2cc(Cl)ccc21. The number of fused-ring (bicyclic) bond motifs is 2. The van der Waals surface area contributed by atoms with Crippen LogP contribution in [0.4, 0.5) is 0 Å². The number of piperidine rings is 1. The number of para-hydroxylation sites is 2. The van der Waals surface area contributed by atoms with Crippen molar-refractivity contribution < 1.29 is 4.79 Å². The molecule has 0 aliphatic carbocycles. The molecule has 0 spiro atoms. The van der Waals surface area contributed by atoms with E-state index in [1.54, 1.807) is 0 Å². The summed E-state index contributed by atoms with van der Waals surface area (Å²) in [4.78, 5) is 30.4. The number of halogens is 1. The summed E-state index contributed by atoms with van der Waals surface area (Å²) in [5, 5.41) is 1.62. The van der Waals surface area contributed by atoms with Gasteiger partial charge in [0.2, 0.25) is 0 Å². The summed E-state index contributed by atoms with van der Waals surface area (Å²) >= 11 is 6.09. The molecule has 3 heterocycles. The van der Waals surface area contributed by atoms with E-state index in [9.17, 15) is 9.59 Å². The molecule has 29 heavy (non-hydrogen) atoms. The van der Waals surface area contributed by atoms with Crippen molar-refractivity contribution in [1.29, 1.82) is 0 Å². The molecular formula is C22H21ClN4O2. The predicted molar refractivity (Wildman–Crippen MR) is 115 cm³/mol. The summed E-state index contributed by atoms with van der Waals surface area (Å²) in [7, 11) is 1.90. The van der Waals surface area contributed by atoms with Gasteiger partial charge in [0.25, 0.3) is 5.91 Å². The number of aryl methyl sites for hydroxylation is 1. The molecule has 6 nitrogen and oxygen atoms in total. The maximum atomic E-state index is 13.1. The summed E-state index contributed by atoms with van der Waals surface area (Å²) in [6.45, 7) is 1.25. The minimum atomic E-state index is -0.0819. The van der Waals surface area contributed by atoms with Gasteiger partial charge in [-0.15, -0.1) is 0 Å². The second kappa shape index (κ2) is 6.81. The molecule has 0 saturated carbocycles. The van der Waals surface area contributed by atoms with Crippen LogP contribution < -0.4 is 5.69 Å². The molecule has 2 aromatic carbocycles. The van der Waals surface area contributed by atoms with E-state index in [1.165, 1.54) is 0 Å². The molecule has 0 unspecified atom stereocenters. The number of hydrogen-bond acceptors (Lipinski definition) is 2. The number of aromatic nitrogens is 3. The van der Waals surface area contributed by atoms with Gasteiger partial charge >= 0.3 is 5.69 Å². The lowest BCUT2D eigenvalue weighted by molar-refractivity contribution is 0.0686. The van der Waals surface area contributed by atoms with E-state index in [0.717, 1.165) is 34.8 Å². The number of likely N-dealkylation sites (tertiary alicyclic amines) is 1. The van der Waals surface area contributed by atoms with Gasteiger partial charge in [0.15, 0.2) is 0 Å². The molecule has 0 radical (unpaired) electrons. The van der Waals surface area contributed by atoms with Gasteiger partial charge in [0.05, 0.1) is 11.0 Å². The second-order valence-corrected chi connectivity index (χ2v) is 8.07. The molecule has 1 N–H and O–H groups in total. The average molecular weight is 409 g/mol. The van der Waals surface area contributed by atoms with Crippen LogP contribution in [0, 0.1) is 0 Å². The first-order valence-electron chi connectivity index (χ1n) is 9.76. The van der Waals surface area contributed by atoms with Crippen LogP contribution in [0.25, 0.3) is 21.9 Å². The predicted octanol–water partition coefficient (Wildman–Crippen LogP) is 3.95. The number of imidazole rings is 1. The zero-order valence-electron chi connectivity index (χ0n) is 16.1. The highest BCUT2D eigenvalue weighted by molar-refractivity contribution is 6.31. The van der Waals surface area contributed by atoms with Gasteiger partial charge in [-0.2, -0.15) is 0 Å². The molecule has 1 aliphatic heterocycles. The van der Waals surface area contributed by atoms with Crippen molar-refractivity contribution >= 4 is 39.4 Å². The van der Waals surface area contributed by atoms with Gasteiger partial charge in [0, 0.05) is 42.1 Å². The number of carbonyl (C=O) groups excluding carboxylic acids is 1. The van der Waals surface area contributed by atoms with E-state index < -0.39 is 0 Å². The van der Waals surface area contributed by atoms with Crippen LogP contribution in [-0.4, -0.2) is 38.0 Å². The number of rotatable bonds is 2. The highest BCUT2D eigenvalue weighted by Crippen LogP contribution is 2.27. The molecule has 0 bridgehead atoms. The summed E-state index contributed by atoms with van der Waals surface area (Å²) in [6.07, 6.45) is 1.51. The van der Waals surface area contributed by atoms with Gasteiger partial charge in [-0.25, -0.2) is 4.79 Å². The molecule has 1 amide bonds. The minimum Gasteiger partial charge on any atom is -0.340 e. The lowest BCUT2D eigenvalue weighted by atomic mass is 10.0. The Morgan fingerprint density at radius 2 is 1.83 bits per heavy atom. The van der Waals surface area contributed by atoms with Gasteiger partial charge < -0.3 is 14.5 Å². The van der Waals surface area contributed by atoms with Crippen LogP contribution in [-0.2, 0) is 7.05 Å². The highest BCUT2D eigenvalue weighted by atomic mass is 35.5.